The molecule has 1 aromatic carbocycles. The topological polar surface area (TPSA) is 35.5 Å². The van der Waals surface area contributed by atoms with E-state index in [1.54, 1.807) is 6.07 Å². The van der Waals surface area contributed by atoms with Crippen LogP contribution in [-0.4, -0.2) is 18.2 Å². The molecule has 0 N–H and O–H groups in total. The van der Waals surface area contributed by atoms with Gasteiger partial charge in [0.1, 0.15) is 17.7 Å². The number of ether oxygens (including phenoxy) is 2. The summed E-state index contributed by atoms with van der Waals surface area (Å²) in [5.41, 5.74) is 2.02. The summed E-state index contributed by atoms with van der Waals surface area (Å²) in [6, 6.07) is 3.67. The van der Waals surface area contributed by atoms with Crippen LogP contribution in [0.3, 0.4) is 0 Å². The fourth-order valence-electron chi connectivity index (χ4n) is 5.75. The average Bonchev–Trinajstić information content (AvgIpc) is 2.79. The minimum absolute atomic E-state index is 0.0309. The van der Waals surface area contributed by atoms with Crippen LogP contribution in [0.15, 0.2) is 12.1 Å². The van der Waals surface area contributed by atoms with Gasteiger partial charge in [0.05, 0.1) is 6.10 Å². The summed E-state index contributed by atoms with van der Waals surface area (Å²) in [6.45, 7) is 4.52. The Labute approximate surface area is 187 Å². The lowest BCUT2D eigenvalue weighted by atomic mass is 9.77. The summed E-state index contributed by atoms with van der Waals surface area (Å²) >= 11 is 0. The van der Waals surface area contributed by atoms with Crippen molar-refractivity contribution < 1.29 is 18.7 Å². The lowest BCUT2D eigenvalue weighted by Crippen LogP contribution is -2.27. The van der Waals surface area contributed by atoms with Crippen LogP contribution in [0.2, 0.25) is 0 Å². The minimum atomic E-state index is -0.120. The Balaban J connectivity index is 1.28. The lowest BCUT2D eigenvalue weighted by Gasteiger charge is -2.31. The maximum absolute atomic E-state index is 14.9. The molecule has 2 aliphatic carbocycles. The molecule has 0 radical (unpaired) electrons. The Kier molecular flexibility index (Phi) is 7.55. The second-order valence-electron chi connectivity index (χ2n) is 10.3. The first kappa shape index (κ1) is 22.6. The Morgan fingerprint density at radius 3 is 2.52 bits per heavy atom. The van der Waals surface area contributed by atoms with E-state index in [0.717, 1.165) is 74.3 Å². The zero-order valence-electron chi connectivity index (χ0n) is 19.3. The van der Waals surface area contributed by atoms with Crippen LogP contribution < -0.4 is 4.74 Å². The highest BCUT2D eigenvalue weighted by Gasteiger charge is 2.28. The maximum Gasteiger partial charge on any atom is 0.306 e. The van der Waals surface area contributed by atoms with Crippen molar-refractivity contribution in [1.29, 1.82) is 0 Å². The molecule has 1 unspecified atom stereocenters. The first-order valence-electron chi connectivity index (χ1n) is 12.7. The number of carbonyl (C=O) groups is 1. The highest BCUT2D eigenvalue weighted by Crippen LogP contribution is 2.41. The van der Waals surface area contributed by atoms with Gasteiger partial charge in [0.2, 0.25) is 0 Å². The Morgan fingerprint density at radius 2 is 1.81 bits per heavy atom. The van der Waals surface area contributed by atoms with Gasteiger partial charge >= 0.3 is 5.97 Å². The number of fused-ring (bicyclic) bond motifs is 1. The zero-order valence-corrected chi connectivity index (χ0v) is 19.3. The lowest BCUT2D eigenvalue weighted by molar-refractivity contribution is -0.151. The van der Waals surface area contributed by atoms with E-state index in [1.165, 1.54) is 19.3 Å². The van der Waals surface area contributed by atoms with Crippen LogP contribution in [0.5, 0.6) is 5.75 Å². The van der Waals surface area contributed by atoms with E-state index in [0.29, 0.717) is 24.5 Å². The molecule has 1 aliphatic heterocycles. The number of benzene rings is 1. The fraction of sp³-hybridized carbons (Fsp3) is 0.741. The predicted molar refractivity (Wildman–Crippen MR) is 121 cm³/mol. The second kappa shape index (κ2) is 10.4. The first-order valence-corrected chi connectivity index (χ1v) is 12.7. The molecular weight excluding hydrogens is 391 g/mol. The van der Waals surface area contributed by atoms with Crippen molar-refractivity contribution in [3.63, 3.8) is 0 Å². The van der Waals surface area contributed by atoms with Gasteiger partial charge in [-0.3, -0.25) is 4.79 Å². The number of aryl methyl sites for hydroxylation is 1. The van der Waals surface area contributed by atoms with Crippen LogP contribution in [0.25, 0.3) is 0 Å². The van der Waals surface area contributed by atoms with Crippen LogP contribution in [0, 0.1) is 17.7 Å². The van der Waals surface area contributed by atoms with Crippen LogP contribution in [0.4, 0.5) is 4.39 Å². The molecule has 4 heteroatoms. The fourth-order valence-corrected chi connectivity index (χ4v) is 5.75. The molecule has 0 aromatic heterocycles. The van der Waals surface area contributed by atoms with Gasteiger partial charge in [0.25, 0.3) is 0 Å². The van der Waals surface area contributed by atoms with Crippen molar-refractivity contribution in [3.05, 3.63) is 29.1 Å². The molecular formula is C27H39FO3. The maximum atomic E-state index is 14.9. The quantitative estimate of drug-likeness (QED) is 0.451. The van der Waals surface area contributed by atoms with Crippen molar-refractivity contribution in [2.24, 2.45) is 11.8 Å². The summed E-state index contributed by atoms with van der Waals surface area (Å²) in [4.78, 5) is 12.3. The van der Waals surface area contributed by atoms with Gasteiger partial charge in [0.15, 0.2) is 0 Å². The largest absolute Gasteiger partial charge is 0.490 e. The third kappa shape index (κ3) is 5.81. The van der Waals surface area contributed by atoms with Crippen LogP contribution >= 0.6 is 0 Å². The van der Waals surface area contributed by atoms with E-state index < -0.39 is 0 Å². The van der Waals surface area contributed by atoms with Gasteiger partial charge in [-0.1, -0.05) is 20.3 Å². The molecule has 0 amide bonds. The van der Waals surface area contributed by atoms with Crippen molar-refractivity contribution in [1.82, 2.24) is 0 Å². The van der Waals surface area contributed by atoms with Crippen molar-refractivity contribution >= 4 is 5.97 Å². The molecule has 172 valence electrons. The van der Waals surface area contributed by atoms with E-state index in [4.69, 9.17) is 9.47 Å². The monoisotopic (exact) mass is 430 g/mol. The third-order valence-corrected chi connectivity index (χ3v) is 8.00. The standard InChI is InChI=1S/C27H39FO3/c1-3-19-6-8-20(9-7-19)24-16-21-10-13-22(30-26(21)17-25(24)28)14-15-27(29)31-23-11-4-18(2)5-12-23/h16-20,22-23H,3-15H2,1-2H3. The molecule has 4 rings (SSSR count). The molecule has 1 atom stereocenters. The van der Waals surface area contributed by atoms with E-state index in [-0.39, 0.29) is 24.0 Å². The Morgan fingerprint density at radius 1 is 1.06 bits per heavy atom. The molecule has 2 fully saturated rings. The minimum Gasteiger partial charge on any atom is -0.490 e. The highest BCUT2D eigenvalue weighted by atomic mass is 19.1. The summed E-state index contributed by atoms with van der Waals surface area (Å²) in [5.74, 6) is 2.36. The molecule has 1 heterocycles. The van der Waals surface area contributed by atoms with Gasteiger partial charge in [-0.25, -0.2) is 4.39 Å². The van der Waals surface area contributed by atoms with Gasteiger partial charge in [-0.15, -0.1) is 0 Å². The van der Waals surface area contributed by atoms with Crippen LogP contribution in [-0.2, 0) is 16.0 Å². The van der Waals surface area contributed by atoms with Crippen molar-refractivity contribution in [2.75, 3.05) is 0 Å². The number of hydrogen-bond acceptors (Lipinski definition) is 3. The van der Waals surface area contributed by atoms with Gasteiger partial charge in [-0.05, 0) is 106 Å². The van der Waals surface area contributed by atoms with Gasteiger partial charge < -0.3 is 9.47 Å². The number of esters is 1. The number of halogens is 1. The van der Waals surface area contributed by atoms with E-state index in [2.05, 4.69) is 19.9 Å². The van der Waals surface area contributed by atoms with E-state index >= 15 is 0 Å². The normalized spacial score (nSPS) is 30.9. The summed E-state index contributed by atoms with van der Waals surface area (Å²) in [6.07, 6.45) is 13.0. The summed E-state index contributed by atoms with van der Waals surface area (Å²) < 4.78 is 26.7. The summed E-state index contributed by atoms with van der Waals surface area (Å²) in [5, 5.41) is 0. The predicted octanol–water partition coefficient (Wildman–Crippen LogP) is 7.11. The average molecular weight is 431 g/mol. The number of hydrogen-bond donors (Lipinski definition) is 0. The Hall–Kier alpha value is -1.58. The molecule has 2 saturated carbocycles. The molecule has 0 bridgehead atoms. The third-order valence-electron chi connectivity index (χ3n) is 8.00. The number of rotatable bonds is 6. The van der Waals surface area contributed by atoms with Crippen LogP contribution in [0.1, 0.15) is 108 Å². The SMILES string of the molecule is CCC1CCC(c2cc3c(cc2F)OC(CCC(=O)OC2CCC(C)CC2)CC3)CC1. The van der Waals surface area contributed by atoms with Gasteiger partial charge in [-0.2, -0.15) is 0 Å². The van der Waals surface area contributed by atoms with E-state index in [9.17, 15) is 9.18 Å². The highest BCUT2D eigenvalue weighted by molar-refractivity contribution is 5.69. The number of carbonyl (C=O) groups excluding carboxylic acids is 1. The molecule has 31 heavy (non-hydrogen) atoms. The van der Waals surface area contributed by atoms with E-state index in [1.807, 2.05) is 0 Å². The Bertz CT molecular complexity index is 745. The smallest absolute Gasteiger partial charge is 0.306 e. The van der Waals surface area contributed by atoms with Crippen molar-refractivity contribution in [2.45, 2.75) is 115 Å². The molecule has 1 aromatic rings. The van der Waals surface area contributed by atoms with Crippen molar-refractivity contribution in [3.8, 4) is 5.75 Å². The first-order chi connectivity index (χ1) is 15.0. The molecule has 0 spiro atoms. The molecule has 3 nitrogen and oxygen atoms in total. The zero-order chi connectivity index (χ0) is 21.8. The molecule has 3 aliphatic rings. The van der Waals surface area contributed by atoms with Gasteiger partial charge in [0, 0.05) is 12.5 Å². The molecule has 0 saturated heterocycles. The summed E-state index contributed by atoms with van der Waals surface area (Å²) in [7, 11) is 0. The second-order valence-corrected chi connectivity index (χ2v) is 10.3.